The number of aliphatic hydroxyl groups excluding tert-OH is 1. The SMILES string of the molecule is CCc1ccc(CC(O)CSC2CCCCC2)cc1. The molecule has 1 aromatic carbocycles. The fourth-order valence-corrected chi connectivity index (χ4v) is 4.00. The van der Waals surface area contributed by atoms with Crippen molar-refractivity contribution in [1.82, 2.24) is 0 Å². The number of benzene rings is 1. The monoisotopic (exact) mass is 278 g/mol. The number of aliphatic hydroxyl groups is 1. The fraction of sp³-hybridized carbons (Fsp3) is 0.647. The molecule has 106 valence electrons. The maximum Gasteiger partial charge on any atom is 0.0670 e. The van der Waals surface area contributed by atoms with Gasteiger partial charge in [0.05, 0.1) is 6.10 Å². The van der Waals surface area contributed by atoms with E-state index in [0.29, 0.717) is 0 Å². The number of thioether (sulfide) groups is 1. The molecule has 0 bridgehead atoms. The highest BCUT2D eigenvalue weighted by Crippen LogP contribution is 2.28. The maximum atomic E-state index is 10.1. The second kappa shape index (κ2) is 7.96. The Hall–Kier alpha value is -0.470. The van der Waals surface area contributed by atoms with Crippen LogP contribution in [0.2, 0.25) is 0 Å². The first-order valence-electron chi connectivity index (χ1n) is 7.65. The maximum absolute atomic E-state index is 10.1. The number of hydrogen-bond donors (Lipinski definition) is 1. The predicted octanol–water partition coefficient (Wildman–Crippen LogP) is 4.22. The second-order valence-electron chi connectivity index (χ2n) is 5.62. The van der Waals surface area contributed by atoms with Crippen LogP contribution in [0, 0.1) is 0 Å². The van der Waals surface area contributed by atoms with Crippen molar-refractivity contribution in [3.05, 3.63) is 35.4 Å². The van der Waals surface area contributed by atoms with Gasteiger partial charge in [0.1, 0.15) is 0 Å². The summed E-state index contributed by atoms with van der Waals surface area (Å²) < 4.78 is 0. The Labute approximate surface area is 121 Å². The molecule has 0 radical (unpaired) electrons. The molecule has 1 N–H and O–H groups in total. The smallest absolute Gasteiger partial charge is 0.0670 e. The average molecular weight is 278 g/mol. The Kier molecular flexibility index (Phi) is 6.25. The zero-order chi connectivity index (χ0) is 13.5. The van der Waals surface area contributed by atoms with Gasteiger partial charge in [0.25, 0.3) is 0 Å². The van der Waals surface area contributed by atoms with Crippen LogP contribution < -0.4 is 0 Å². The van der Waals surface area contributed by atoms with Gasteiger partial charge in [0.2, 0.25) is 0 Å². The van der Waals surface area contributed by atoms with E-state index >= 15 is 0 Å². The summed E-state index contributed by atoms with van der Waals surface area (Å²) in [5.74, 6) is 0.889. The molecule has 1 unspecified atom stereocenters. The van der Waals surface area contributed by atoms with Crippen LogP contribution >= 0.6 is 11.8 Å². The molecule has 2 heteroatoms. The summed E-state index contributed by atoms with van der Waals surface area (Å²) >= 11 is 1.98. The quantitative estimate of drug-likeness (QED) is 0.841. The molecule has 2 rings (SSSR count). The van der Waals surface area contributed by atoms with Gasteiger partial charge in [-0.2, -0.15) is 11.8 Å². The molecule has 0 saturated heterocycles. The summed E-state index contributed by atoms with van der Waals surface area (Å²) in [6.45, 7) is 2.17. The van der Waals surface area contributed by atoms with Crippen LogP contribution in [0.5, 0.6) is 0 Å². The van der Waals surface area contributed by atoms with Crippen LogP contribution in [0.25, 0.3) is 0 Å². The van der Waals surface area contributed by atoms with E-state index in [1.807, 2.05) is 11.8 Å². The van der Waals surface area contributed by atoms with Gasteiger partial charge in [0.15, 0.2) is 0 Å². The molecular formula is C17H26OS. The van der Waals surface area contributed by atoms with Gasteiger partial charge in [-0.1, -0.05) is 50.5 Å². The third-order valence-electron chi connectivity index (χ3n) is 3.98. The lowest BCUT2D eigenvalue weighted by molar-refractivity contribution is 0.200. The van der Waals surface area contributed by atoms with Gasteiger partial charge in [0, 0.05) is 11.0 Å². The molecule has 19 heavy (non-hydrogen) atoms. The molecule has 1 saturated carbocycles. The fourth-order valence-electron chi connectivity index (χ4n) is 2.72. The van der Waals surface area contributed by atoms with E-state index in [9.17, 15) is 5.11 Å². The molecule has 1 aliphatic carbocycles. The van der Waals surface area contributed by atoms with Crippen molar-refractivity contribution in [1.29, 1.82) is 0 Å². The summed E-state index contributed by atoms with van der Waals surface area (Å²) in [7, 11) is 0. The normalized spacial score (nSPS) is 18.4. The zero-order valence-electron chi connectivity index (χ0n) is 12.0. The Bertz CT molecular complexity index is 354. The molecule has 1 aromatic rings. The van der Waals surface area contributed by atoms with E-state index in [0.717, 1.165) is 23.8 Å². The van der Waals surface area contributed by atoms with Crippen LogP contribution in [0.1, 0.15) is 50.2 Å². The van der Waals surface area contributed by atoms with Crippen LogP contribution in [0.3, 0.4) is 0 Å². The standard InChI is InChI=1S/C17H26OS/c1-2-14-8-10-15(11-9-14)12-16(18)13-19-17-6-4-3-5-7-17/h8-11,16-18H,2-7,12-13H2,1H3. The highest BCUT2D eigenvalue weighted by Gasteiger charge is 2.15. The van der Waals surface area contributed by atoms with Crippen molar-refractivity contribution >= 4 is 11.8 Å². The van der Waals surface area contributed by atoms with Crippen LogP contribution in [-0.2, 0) is 12.8 Å². The molecular weight excluding hydrogens is 252 g/mol. The molecule has 0 heterocycles. The third-order valence-corrected chi connectivity index (χ3v) is 5.50. The van der Waals surface area contributed by atoms with E-state index in [4.69, 9.17) is 0 Å². The Morgan fingerprint density at radius 2 is 1.74 bits per heavy atom. The van der Waals surface area contributed by atoms with Crippen LogP contribution in [-0.4, -0.2) is 22.2 Å². The summed E-state index contributed by atoms with van der Waals surface area (Å²) in [6, 6.07) is 8.67. The van der Waals surface area contributed by atoms with Gasteiger partial charge in [-0.15, -0.1) is 0 Å². The van der Waals surface area contributed by atoms with Gasteiger partial charge in [-0.05, 0) is 36.8 Å². The molecule has 0 aromatic heterocycles. The number of aryl methyl sites for hydroxylation is 1. The Balaban J connectivity index is 1.71. The minimum absolute atomic E-state index is 0.195. The van der Waals surface area contributed by atoms with Gasteiger partial charge < -0.3 is 5.11 Å². The van der Waals surface area contributed by atoms with Crippen molar-refractivity contribution in [2.45, 2.75) is 63.2 Å². The van der Waals surface area contributed by atoms with Crippen molar-refractivity contribution in [3.8, 4) is 0 Å². The lowest BCUT2D eigenvalue weighted by atomic mass is 10.0. The summed E-state index contributed by atoms with van der Waals surface area (Å²) in [6.07, 6.45) is 8.55. The number of rotatable bonds is 6. The average Bonchev–Trinajstić information content (AvgIpc) is 2.47. The van der Waals surface area contributed by atoms with E-state index in [1.54, 1.807) is 0 Å². The van der Waals surface area contributed by atoms with E-state index in [2.05, 4.69) is 31.2 Å². The highest BCUT2D eigenvalue weighted by molar-refractivity contribution is 7.99. The van der Waals surface area contributed by atoms with E-state index < -0.39 is 0 Å². The molecule has 1 atom stereocenters. The second-order valence-corrected chi connectivity index (χ2v) is 6.95. The minimum atomic E-state index is -0.195. The van der Waals surface area contributed by atoms with Crippen LogP contribution in [0.4, 0.5) is 0 Å². The molecule has 0 aliphatic heterocycles. The molecule has 1 aliphatic rings. The van der Waals surface area contributed by atoms with Gasteiger partial charge in [-0.3, -0.25) is 0 Å². The first-order chi connectivity index (χ1) is 9.28. The summed E-state index contributed by atoms with van der Waals surface area (Å²) in [5, 5.41) is 10.9. The molecule has 1 fully saturated rings. The molecule has 0 amide bonds. The van der Waals surface area contributed by atoms with Gasteiger partial charge >= 0.3 is 0 Å². The topological polar surface area (TPSA) is 20.2 Å². The predicted molar refractivity (Wildman–Crippen MR) is 84.9 cm³/mol. The van der Waals surface area contributed by atoms with Crippen molar-refractivity contribution in [2.24, 2.45) is 0 Å². The third kappa shape index (κ3) is 5.19. The van der Waals surface area contributed by atoms with Crippen molar-refractivity contribution in [2.75, 3.05) is 5.75 Å². The largest absolute Gasteiger partial charge is 0.392 e. The van der Waals surface area contributed by atoms with E-state index in [-0.39, 0.29) is 6.10 Å². The Morgan fingerprint density at radius 3 is 2.37 bits per heavy atom. The lowest BCUT2D eigenvalue weighted by Gasteiger charge is -2.22. The highest BCUT2D eigenvalue weighted by atomic mass is 32.2. The lowest BCUT2D eigenvalue weighted by Crippen LogP contribution is -2.17. The summed E-state index contributed by atoms with van der Waals surface area (Å²) in [5.41, 5.74) is 2.63. The minimum Gasteiger partial charge on any atom is -0.392 e. The molecule has 1 nitrogen and oxygen atoms in total. The van der Waals surface area contributed by atoms with Crippen LogP contribution in [0.15, 0.2) is 24.3 Å². The Morgan fingerprint density at radius 1 is 1.11 bits per heavy atom. The van der Waals surface area contributed by atoms with Crippen molar-refractivity contribution < 1.29 is 5.11 Å². The first kappa shape index (κ1) is 14.9. The molecule has 0 spiro atoms. The zero-order valence-corrected chi connectivity index (χ0v) is 12.8. The van der Waals surface area contributed by atoms with E-state index in [1.165, 1.54) is 43.2 Å². The summed E-state index contributed by atoms with van der Waals surface area (Å²) in [4.78, 5) is 0. The number of hydrogen-bond acceptors (Lipinski definition) is 2. The van der Waals surface area contributed by atoms with Crippen molar-refractivity contribution in [3.63, 3.8) is 0 Å². The first-order valence-corrected chi connectivity index (χ1v) is 8.70. The van der Waals surface area contributed by atoms with Gasteiger partial charge in [-0.25, -0.2) is 0 Å².